The molecule has 1 aromatic rings. The highest BCUT2D eigenvalue weighted by Crippen LogP contribution is 2.24. The first-order valence-corrected chi connectivity index (χ1v) is 5.53. The Hall–Kier alpha value is -1.73. The molecule has 1 unspecified atom stereocenters. The highest BCUT2D eigenvalue weighted by Gasteiger charge is 2.24. The van der Waals surface area contributed by atoms with E-state index in [1.54, 1.807) is 4.90 Å². The molecule has 0 spiro atoms. The van der Waals surface area contributed by atoms with Gasteiger partial charge in [0.1, 0.15) is 17.7 Å². The van der Waals surface area contributed by atoms with Gasteiger partial charge in [-0.1, -0.05) is 0 Å². The molecule has 1 atom stereocenters. The molecule has 1 fully saturated rings. The quantitative estimate of drug-likeness (QED) is 0.645. The van der Waals surface area contributed by atoms with Crippen LogP contribution in [-0.2, 0) is 0 Å². The van der Waals surface area contributed by atoms with Crippen molar-refractivity contribution in [1.29, 1.82) is 0 Å². The van der Waals surface area contributed by atoms with Crippen molar-refractivity contribution in [3.05, 3.63) is 34.1 Å². The minimum atomic E-state index is -0.698. The van der Waals surface area contributed by atoms with Crippen LogP contribution in [0.5, 0.6) is 5.75 Å². The molecule has 1 aromatic carbocycles. The van der Waals surface area contributed by atoms with Gasteiger partial charge in [-0.15, -0.1) is 0 Å². The van der Waals surface area contributed by atoms with Crippen molar-refractivity contribution in [1.82, 2.24) is 4.90 Å². The van der Waals surface area contributed by atoms with E-state index in [0.29, 0.717) is 19.5 Å². The Morgan fingerprint density at radius 3 is 2.94 bits per heavy atom. The van der Waals surface area contributed by atoms with Crippen LogP contribution in [0.3, 0.4) is 0 Å². The molecule has 0 aliphatic carbocycles. The number of hydrogen-bond acceptors (Lipinski definition) is 5. The fourth-order valence-electron chi connectivity index (χ4n) is 1.94. The molecule has 1 heterocycles. The second kappa shape index (κ2) is 5.28. The minimum absolute atomic E-state index is 0.0524. The number of non-ortho nitro benzene ring substituents is 1. The zero-order valence-electron chi connectivity index (χ0n) is 9.58. The predicted molar refractivity (Wildman–Crippen MR) is 60.7 cm³/mol. The maximum Gasteiger partial charge on any atom is 0.276 e. The van der Waals surface area contributed by atoms with Crippen LogP contribution >= 0.6 is 0 Å². The van der Waals surface area contributed by atoms with E-state index in [1.807, 2.05) is 0 Å². The van der Waals surface area contributed by atoms with E-state index in [-0.39, 0.29) is 24.3 Å². The molecule has 7 heteroatoms. The molecule has 0 radical (unpaired) electrons. The summed E-state index contributed by atoms with van der Waals surface area (Å²) in [5.74, 6) is -0.553. The number of aliphatic hydroxyl groups is 1. The first-order valence-electron chi connectivity index (χ1n) is 5.53. The molecule has 1 aliphatic heterocycles. The van der Waals surface area contributed by atoms with E-state index >= 15 is 0 Å². The van der Waals surface area contributed by atoms with Gasteiger partial charge in [0, 0.05) is 19.2 Å². The molecule has 98 valence electrons. The van der Waals surface area contributed by atoms with Crippen molar-refractivity contribution in [2.75, 3.05) is 19.8 Å². The second-order valence-electron chi connectivity index (χ2n) is 4.15. The first-order chi connectivity index (χ1) is 8.58. The molecule has 6 nitrogen and oxygen atoms in total. The monoisotopic (exact) mass is 256 g/mol. The summed E-state index contributed by atoms with van der Waals surface area (Å²) in [7, 11) is 0. The molecule has 1 aliphatic rings. The maximum absolute atomic E-state index is 13.2. The molecule has 18 heavy (non-hydrogen) atoms. The lowest BCUT2D eigenvalue weighted by Gasteiger charge is -2.14. The number of benzene rings is 1. The molecule has 0 saturated carbocycles. The van der Waals surface area contributed by atoms with E-state index in [2.05, 4.69) is 0 Å². The summed E-state index contributed by atoms with van der Waals surface area (Å²) in [6.45, 7) is 1.17. The zero-order chi connectivity index (χ0) is 13.1. The van der Waals surface area contributed by atoms with Gasteiger partial charge < -0.3 is 9.84 Å². The number of nitrogens with zero attached hydrogens (tertiary/aromatic N) is 2. The fourth-order valence-corrected chi connectivity index (χ4v) is 1.94. The predicted octanol–water partition coefficient (Wildman–Crippen LogP) is 1.14. The Kier molecular flexibility index (Phi) is 3.73. The summed E-state index contributed by atoms with van der Waals surface area (Å²) in [6, 6.07) is 3.17. The van der Waals surface area contributed by atoms with Crippen LogP contribution in [-0.4, -0.2) is 40.9 Å². The maximum atomic E-state index is 13.2. The molecule has 1 N–H and O–H groups in total. The molecule has 1 saturated heterocycles. The Morgan fingerprint density at radius 2 is 2.33 bits per heavy atom. The van der Waals surface area contributed by atoms with Gasteiger partial charge >= 0.3 is 0 Å². The highest BCUT2D eigenvalue weighted by atomic mass is 19.1. The third-order valence-electron chi connectivity index (χ3n) is 2.80. The van der Waals surface area contributed by atoms with Gasteiger partial charge in [-0.05, 0) is 6.42 Å². The Bertz CT molecular complexity index is 455. The number of nitro benzene ring substituents is 1. The van der Waals surface area contributed by atoms with E-state index in [4.69, 9.17) is 9.84 Å². The molecule has 2 rings (SSSR count). The highest BCUT2D eigenvalue weighted by molar-refractivity contribution is 5.39. The summed E-state index contributed by atoms with van der Waals surface area (Å²) in [6.07, 6.45) is 0.517. The summed E-state index contributed by atoms with van der Waals surface area (Å²) in [4.78, 5) is 11.7. The normalized spacial score (nSPS) is 20.0. The molecule has 0 amide bonds. The van der Waals surface area contributed by atoms with E-state index in [9.17, 15) is 14.5 Å². The summed E-state index contributed by atoms with van der Waals surface area (Å²) in [5, 5.41) is 19.5. The van der Waals surface area contributed by atoms with Crippen molar-refractivity contribution in [2.24, 2.45) is 0 Å². The van der Waals surface area contributed by atoms with Crippen LogP contribution in [0.2, 0.25) is 0 Å². The molecule has 0 aromatic heterocycles. The van der Waals surface area contributed by atoms with Crippen molar-refractivity contribution < 1.29 is 19.2 Å². The van der Waals surface area contributed by atoms with Crippen molar-refractivity contribution in [3.63, 3.8) is 0 Å². The van der Waals surface area contributed by atoms with Gasteiger partial charge in [0.25, 0.3) is 5.69 Å². The Labute approximate surface area is 103 Å². The molecule has 0 bridgehead atoms. The molecular weight excluding hydrogens is 243 g/mol. The van der Waals surface area contributed by atoms with Crippen LogP contribution in [0.25, 0.3) is 0 Å². The largest absolute Gasteiger partial charge is 0.489 e. The number of likely N-dealkylation sites (tertiary alicyclic amines) is 1. The van der Waals surface area contributed by atoms with Crippen molar-refractivity contribution in [3.8, 4) is 5.75 Å². The van der Waals surface area contributed by atoms with Crippen molar-refractivity contribution >= 4 is 5.69 Å². The average Bonchev–Trinajstić information content (AvgIpc) is 2.76. The third-order valence-corrected chi connectivity index (χ3v) is 2.80. The number of nitro groups is 1. The van der Waals surface area contributed by atoms with Crippen molar-refractivity contribution in [2.45, 2.75) is 12.5 Å². The van der Waals surface area contributed by atoms with Gasteiger partial charge in [-0.25, -0.2) is 4.39 Å². The first kappa shape index (κ1) is 12.7. The lowest BCUT2D eigenvalue weighted by atomic mass is 10.2. The average molecular weight is 256 g/mol. The van der Waals surface area contributed by atoms with E-state index < -0.39 is 10.7 Å². The number of halogens is 1. The van der Waals surface area contributed by atoms with Crippen LogP contribution in [0.4, 0.5) is 10.1 Å². The fraction of sp³-hybridized carbons (Fsp3) is 0.455. The standard InChI is InChI=1S/C11H13FN2O4/c12-8-3-9(14(16)17)5-11(4-8)18-10-1-2-13(6-10)7-15/h3-5,10,15H,1-2,6-7H2. The van der Waals surface area contributed by atoms with Gasteiger partial charge in [0.15, 0.2) is 0 Å². The van der Waals surface area contributed by atoms with Crippen LogP contribution in [0, 0.1) is 15.9 Å². The SMILES string of the molecule is O=[N+]([O-])c1cc(F)cc(OC2CCN(CO)C2)c1. The summed E-state index contributed by atoms with van der Waals surface area (Å²) in [5.41, 5.74) is -0.331. The van der Waals surface area contributed by atoms with Gasteiger partial charge in [-0.3, -0.25) is 15.0 Å². The summed E-state index contributed by atoms with van der Waals surface area (Å²) >= 11 is 0. The van der Waals surface area contributed by atoms with Crippen LogP contribution in [0.15, 0.2) is 18.2 Å². The van der Waals surface area contributed by atoms with Gasteiger partial charge in [0.05, 0.1) is 23.8 Å². The van der Waals surface area contributed by atoms with E-state index in [0.717, 1.165) is 12.1 Å². The second-order valence-corrected chi connectivity index (χ2v) is 4.15. The van der Waals surface area contributed by atoms with Crippen LogP contribution in [0.1, 0.15) is 6.42 Å². The minimum Gasteiger partial charge on any atom is -0.489 e. The lowest BCUT2D eigenvalue weighted by Crippen LogP contribution is -2.25. The number of ether oxygens (including phenoxy) is 1. The van der Waals surface area contributed by atoms with Gasteiger partial charge in [0.2, 0.25) is 0 Å². The number of hydrogen-bond donors (Lipinski definition) is 1. The van der Waals surface area contributed by atoms with E-state index in [1.165, 1.54) is 6.07 Å². The lowest BCUT2D eigenvalue weighted by molar-refractivity contribution is -0.385. The Balaban J connectivity index is 2.07. The van der Waals surface area contributed by atoms with Gasteiger partial charge in [-0.2, -0.15) is 0 Å². The Morgan fingerprint density at radius 1 is 1.56 bits per heavy atom. The number of aliphatic hydroxyl groups excluding tert-OH is 1. The third kappa shape index (κ3) is 2.93. The topological polar surface area (TPSA) is 75.8 Å². The smallest absolute Gasteiger partial charge is 0.276 e. The number of rotatable bonds is 4. The zero-order valence-corrected chi connectivity index (χ0v) is 9.58. The summed E-state index contributed by atoms with van der Waals surface area (Å²) < 4.78 is 18.7. The molecular formula is C11H13FN2O4. The van der Waals surface area contributed by atoms with Crippen LogP contribution < -0.4 is 4.74 Å².